The van der Waals surface area contributed by atoms with Crippen LogP contribution in [0.4, 0.5) is 0 Å². The Morgan fingerprint density at radius 1 is 1.38 bits per heavy atom. The van der Waals surface area contributed by atoms with Crippen LogP contribution in [0.3, 0.4) is 0 Å². The SMILES string of the molecule is CC(NC(=O)c1cccs1)c1nc(-c2ccc3c(c2)CCO3)no1. The minimum atomic E-state index is -0.362. The van der Waals surface area contributed by atoms with Crippen molar-refractivity contribution in [3.05, 3.63) is 52.0 Å². The van der Waals surface area contributed by atoms with Gasteiger partial charge >= 0.3 is 0 Å². The van der Waals surface area contributed by atoms with Crippen molar-refractivity contribution in [3.63, 3.8) is 0 Å². The van der Waals surface area contributed by atoms with Crippen molar-refractivity contribution < 1.29 is 14.1 Å². The maximum atomic E-state index is 12.1. The van der Waals surface area contributed by atoms with Crippen LogP contribution in [-0.2, 0) is 6.42 Å². The van der Waals surface area contributed by atoms with E-state index in [0.717, 1.165) is 23.3 Å². The molecule has 0 radical (unpaired) electrons. The first kappa shape index (κ1) is 14.9. The molecule has 1 aliphatic rings. The molecule has 3 aromatic rings. The maximum Gasteiger partial charge on any atom is 0.261 e. The Labute approximate surface area is 142 Å². The number of rotatable bonds is 4. The molecule has 122 valence electrons. The van der Waals surface area contributed by atoms with Gasteiger partial charge in [0.1, 0.15) is 11.8 Å². The van der Waals surface area contributed by atoms with Crippen LogP contribution in [-0.4, -0.2) is 22.7 Å². The van der Waals surface area contributed by atoms with Gasteiger partial charge in [0.05, 0.1) is 11.5 Å². The van der Waals surface area contributed by atoms with E-state index in [1.54, 1.807) is 6.07 Å². The highest BCUT2D eigenvalue weighted by atomic mass is 32.1. The van der Waals surface area contributed by atoms with Gasteiger partial charge in [0.25, 0.3) is 5.91 Å². The second kappa shape index (κ2) is 6.09. The topological polar surface area (TPSA) is 77.2 Å². The highest BCUT2D eigenvalue weighted by Gasteiger charge is 2.20. The number of carbonyl (C=O) groups is 1. The Kier molecular flexibility index (Phi) is 3.78. The van der Waals surface area contributed by atoms with Crippen molar-refractivity contribution in [1.82, 2.24) is 15.5 Å². The van der Waals surface area contributed by atoms with Crippen molar-refractivity contribution >= 4 is 17.2 Å². The summed E-state index contributed by atoms with van der Waals surface area (Å²) in [5.41, 5.74) is 2.03. The molecule has 0 aliphatic carbocycles. The van der Waals surface area contributed by atoms with Crippen LogP contribution in [0.1, 0.15) is 34.1 Å². The average molecular weight is 341 g/mol. The van der Waals surface area contributed by atoms with Gasteiger partial charge in [-0.15, -0.1) is 11.3 Å². The first-order chi connectivity index (χ1) is 11.7. The second-order valence-electron chi connectivity index (χ2n) is 5.55. The van der Waals surface area contributed by atoms with E-state index in [0.29, 0.717) is 23.2 Å². The van der Waals surface area contributed by atoms with Gasteiger partial charge in [0.2, 0.25) is 11.7 Å². The molecule has 1 N–H and O–H groups in total. The minimum absolute atomic E-state index is 0.146. The fraction of sp³-hybridized carbons (Fsp3) is 0.235. The van der Waals surface area contributed by atoms with Crippen molar-refractivity contribution in [2.75, 3.05) is 6.61 Å². The lowest BCUT2D eigenvalue weighted by molar-refractivity contribution is 0.0936. The molecule has 24 heavy (non-hydrogen) atoms. The summed E-state index contributed by atoms with van der Waals surface area (Å²) in [6, 6.07) is 9.11. The van der Waals surface area contributed by atoms with Crippen LogP contribution in [0, 0.1) is 0 Å². The summed E-state index contributed by atoms with van der Waals surface area (Å²) in [6.45, 7) is 2.53. The lowest BCUT2D eigenvalue weighted by Gasteiger charge is -2.07. The number of nitrogens with zero attached hydrogens (tertiary/aromatic N) is 2. The molecule has 1 amide bonds. The minimum Gasteiger partial charge on any atom is -0.493 e. The third kappa shape index (κ3) is 2.78. The fourth-order valence-electron chi connectivity index (χ4n) is 2.59. The van der Waals surface area contributed by atoms with E-state index < -0.39 is 0 Å². The van der Waals surface area contributed by atoms with Crippen molar-refractivity contribution in [3.8, 4) is 17.1 Å². The number of hydrogen-bond donors (Lipinski definition) is 1. The Morgan fingerprint density at radius 3 is 3.12 bits per heavy atom. The number of nitrogens with one attached hydrogen (secondary N) is 1. The monoisotopic (exact) mass is 341 g/mol. The number of hydrogen-bond acceptors (Lipinski definition) is 6. The summed E-state index contributed by atoms with van der Waals surface area (Å²) in [4.78, 5) is 17.2. The lowest BCUT2D eigenvalue weighted by Crippen LogP contribution is -2.26. The van der Waals surface area contributed by atoms with Gasteiger partial charge in [-0.3, -0.25) is 4.79 Å². The summed E-state index contributed by atoms with van der Waals surface area (Å²) < 4.78 is 10.8. The zero-order valence-electron chi connectivity index (χ0n) is 13.0. The molecule has 0 bridgehead atoms. The number of amides is 1. The molecule has 0 spiro atoms. The van der Waals surface area contributed by atoms with E-state index in [2.05, 4.69) is 15.5 Å². The molecule has 1 aliphatic heterocycles. The molecule has 0 saturated heterocycles. The number of fused-ring (bicyclic) bond motifs is 1. The van der Waals surface area contributed by atoms with Crippen LogP contribution in [0.25, 0.3) is 11.4 Å². The number of thiophene rings is 1. The second-order valence-corrected chi connectivity index (χ2v) is 6.50. The molecule has 2 aromatic heterocycles. The highest BCUT2D eigenvalue weighted by molar-refractivity contribution is 7.12. The number of aromatic nitrogens is 2. The Balaban J connectivity index is 1.51. The van der Waals surface area contributed by atoms with Gasteiger partial charge in [-0.05, 0) is 42.1 Å². The first-order valence-corrected chi connectivity index (χ1v) is 8.53. The smallest absolute Gasteiger partial charge is 0.261 e. The molecule has 3 heterocycles. The van der Waals surface area contributed by atoms with Crippen LogP contribution in [0.2, 0.25) is 0 Å². The molecule has 1 unspecified atom stereocenters. The maximum absolute atomic E-state index is 12.1. The molecule has 6 nitrogen and oxygen atoms in total. The largest absolute Gasteiger partial charge is 0.493 e. The summed E-state index contributed by atoms with van der Waals surface area (Å²) in [6.07, 6.45) is 0.890. The standard InChI is InChI=1S/C17H15N3O3S/c1-10(18-16(21)14-3-2-8-24-14)17-19-15(20-23-17)12-4-5-13-11(9-12)6-7-22-13/h2-5,8-10H,6-7H2,1H3,(H,18,21). The highest BCUT2D eigenvalue weighted by Crippen LogP contribution is 2.29. The molecule has 4 rings (SSSR count). The number of benzene rings is 1. The van der Waals surface area contributed by atoms with E-state index in [9.17, 15) is 4.79 Å². The van der Waals surface area contributed by atoms with E-state index in [-0.39, 0.29) is 11.9 Å². The summed E-state index contributed by atoms with van der Waals surface area (Å²) in [7, 11) is 0. The van der Waals surface area contributed by atoms with E-state index >= 15 is 0 Å². The van der Waals surface area contributed by atoms with Crippen LogP contribution < -0.4 is 10.1 Å². The molecular weight excluding hydrogens is 326 g/mol. The third-order valence-corrected chi connectivity index (χ3v) is 4.72. The predicted molar refractivity (Wildman–Crippen MR) is 89.1 cm³/mol. The zero-order valence-corrected chi connectivity index (χ0v) is 13.8. The number of ether oxygens (including phenoxy) is 1. The van der Waals surface area contributed by atoms with Gasteiger partial charge in [-0.25, -0.2) is 0 Å². The van der Waals surface area contributed by atoms with Gasteiger partial charge in [0, 0.05) is 12.0 Å². The zero-order chi connectivity index (χ0) is 16.5. The van der Waals surface area contributed by atoms with Crippen LogP contribution in [0.15, 0.2) is 40.2 Å². The number of carbonyl (C=O) groups excluding carboxylic acids is 1. The summed E-state index contributed by atoms with van der Waals surface area (Å²) in [5.74, 6) is 1.66. The fourth-order valence-corrected chi connectivity index (χ4v) is 3.22. The molecule has 0 fully saturated rings. The lowest BCUT2D eigenvalue weighted by atomic mass is 10.1. The van der Waals surface area contributed by atoms with E-state index in [1.807, 2.05) is 36.6 Å². The van der Waals surface area contributed by atoms with E-state index in [4.69, 9.17) is 9.26 Å². The summed E-state index contributed by atoms with van der Waals surface area (Å²) in [5, 5.41) is 8.75. The van der Waals surface area contributed by atoms with Gasteiger partial charge in [0.15, 0.2) is 0 Å². The first-order valence-electron chi connectivity index (χ1n) is 7.65. The molecule has 7 heteroatoms. The normalized spacial score (nSPS) is 14.0. The van der Waals surface area contributed by atoms with Crippen LogP contribution >= 0.6 is 11.3 Å². The van der Waals surface area contributed by atoms with Crippen molar-refractivity contribution in [2.45, 2.75) is 19.4 Å². The van der Waals surface area contributed by atoms with Gasteiger partial charge in [-0.1, -0.05) is 11.2 Å². The van der Waals surface area contributed by atoms with Gasteiger partial charge < -0.3 is 14.6 Å². The van der Waals surface area contributed by atoms with Crippen LogP contribution in [0.5, 0.6) is 5.75 Å². The van der Waals surface area contributed by atoms with Crippen molar-refractivity contribution in [1.29, 1.82) is 0 Å². The molecular formula is C17H15N3O3S. The van der Waals surface area contributed by atoms with Crippen molar-refractivity contribution in [2.24, 2.45) is 0 Å². The molecule has 0 saturated carbocycles. The Hall–Kier alpha value is -2.67. The Morgan fingerprint density at radius 2 is 2.29 bits per heavy atom. The van der Waals surface area contributed by atoms with Gasteiger partial charge in [-0.2, -0.15) is 4.98 Å². The average Bonchev–Trinajstić information content (AvgIpc) is 3.33. The Bertz CT molecular complexity index is 873. The quantitative estimate of drug-likeness (QED) is 0.788. The molecule has 1 aromatic carbocycles. The third-order valence-electron chi connectivity index (χ3n) is 3.85. The van der Waals surface area contributed by atoms with E-state index in [1.165, 1.54) is 11.3 Å². The summed E-state index contributed by atoms with van der Waals surface area (Å²) >= 11 is 1.39. The predicted octanol–water partition coefficient (Wildman–Crippen LogP) is 3.22. The molecule has 1 atom stereocenters.